The number of hydrogen-bond donors (Lipinski definition) is 0. The molecule has 0 radical (unpaired) electrons. The normalized spacial score (nSPS) is 13.6. The summed E-state index contributed by atoms with van der Waals surface area (Å²) in [5, 5.41) is 2.73. The number of anilines is 1. The summed E-state index contributed by atoms with van der Waals surface area (Å²) < 4.78 is 7.06. The van der Waals surface area contributed by atoms with E-state index in [0.29, 0.717) is 49.7 Å². The summed E-state index contributed by atoms with van der Waals surface area (Å²) in [5.74, 6) is -0.597. The highest BCUT2D eigenvalue weighted by atomic mass is 32.1. The van der Waals surface area contributed by atoms with Gasteiger partial charge in [-0.15, -0.1) is 11.3 Å². The van der Waals surface area contributed by atoms with Crippen molar-refractivity contribution in [1.82, 2.24) is 9.47 Å². The Morgan fingerprint density at radius 3 is 2.35 bits per heavy atom. The van der Waals surface area contributed by atoms with Crippen LogP contribution in [-0.4, -0.2) is 54.1 Å². The van der Waals surface area contributed by atoms with E-state index in [4.69, 9.17) is 4.74 Å². The van der Waals surface area contributed by atoms with Gasteiger partial charge in [-0.2, -0.15) is 0 Å². The summed E-state index contributed by atoms with van der Waals surface area (Å²) >= 11 is 1.43. The van der Waals surface area contributed by atoms with Gasteiger partial charge in [0.25, 0.3) is 11.5 Å². The smallest absolute Gasteiger partial charge is 0.345 e. The van der Waals surface area contributed by atoms with Gasteiger partial charge >= 0.3 is 5.97 Å². The fraction of sp³-hybridized carbons (Fsp3) is 0.276. The van der Waals surface area contributed by atoms with Gasteiger partial charge in [-0.05, 0) is 36.4 Å². The number of carbonyl (C=O) groups is 2. The van der Waals surface area contributed by atoms with E-state index in [0.717, 1.165) is 16.5 Å². The van der Waals surface area contributed by atoms with Gasteiger partial charge < -0.3 is 19.1 Å². The van der Waals surface area contributed by atoms with Crippen molar-refractivity contribution < 1.29 is 14.3 Å². The van der Waals surface area contributed by atoms with Gasteiger partial charge in [0.1, 0.15) is 5.56 Å². The van der Waals surface area contributed by atoms with Crippen molar-refractivity contribution in [3.8, 4) is 0 Å². The SMILES string of the molecule is CCOC(=O)c1c(N2CCN(C(=O)c3cccs3)CC2)c2ccccc2n(CCc2ccccc2)c1=O. The van der Waals surface area contributed by atoms with Crippen LogP contribution in [0.15, 0.2) is 76.9 Å². The molecular weight excluding hydrogens is 486 g/mol. The Kier molecular flexibility index (Phi) is 7.37. The Labute approximate surface area is 219 Å². The summed E-state index contributed by atoms with van der Waals surface area (Å²) in [7, 11) is 0. The minimum atomic E-state index is -0.612. The molecule has 8 heteroatoms. The number of carbonyl (C=O) groups excluding carboxylic acids is 2. The number of benzene rings is 2. The van der Waals surface area contributed by atoms with Gasteiger partial charge in [0.15, 0.2) is 0 Å². The van der Waals surface area contributed by atoms with E-state index >= 15 is 0 Å². The third-order valence-electron chi connectivity index (χ3n) is 6.71. The lowest BCUT2D eigenvalue weighted by Gasteiger charge is -2.37. The summed E-state index contributed by atoms with van der Waals surface area (Å²) in [6.45, 7) is 4.40. The van der Waals surface area contributed by atoms with Crippen LogP contribution < -0.4 is 10.5 Å². The van der Waals surface area contributed by atoms with E-state index in [-0.39, 0.29) is 23.6 Å². The predicted molar refractivity (Wildman–Crippen MR) is 147 cm³/mol. The molecule has 2 aromatic heterocycles. The number of aryl methyl sites for hydroxylation is 2. The van der Waals surface area contributed by atoms with Crippen LogP contribution >= 0.6 is 11.3 Å². The maximum Gasteiger partial charge on any atom is 0.345 e. The molecule has 0 atom stereocenters. The number of para-hydroxylation sites is 1. The summed E-state index contributed by atoms with van der Waals surface area (Å²) in [6, 6.07) is 21.4. The van der Waals surface area contributed by atoms with Crippen molar-refractivity contribution in [2.75, 3.05) is 37.7 Å². The number of pyridine rings is 1. The lowest BCUT2D eigenvalue weighted by atomic mass is 10.0. The fourth-order valence-electron chi connectivity index (χ4n) is 4.90. The summed E-state index contributed by atoms with van der Waals surface area (Å²) in [4.78, 5) is 44.5. The highest BCUT2D eigenvalue weighted by Crippen LogP contribution is 2.31. The van der Waals surface area contributed by atoms with Gasteiger partial charge in [0.2, 0.25) is 0 Å². The molecule has 37 heavy (non-hydrogen) atoms. The van der Waals surface area contributed by atoms with Gasteiger partial charge in [-0.1, -0.05) is 54.6 Å². The van der Waals surface area contributed by atoms with Gasteiger partial charge in [0, 0.05) is 38.1 Å². The zero-order valence-electron chi connectivity index (χ0n) is 20.8. The molecule has 1 saturated heterocycles. The molecule has 0 saturated carbocycles. The Morgan fingerprint density at radius 1 is 0.919 bits per heavy atom. The third kappa shape index (κ3) is 5.02. The van der Waals surface area contributed by atoms with Crippen molar-refractivity contribution in [3.63, 3.8) is 0 Å². The molecule has 0 aliphatic carbocycles. The monoisotopic (exact) mass is 515 g/mol. The first-order valence-electron chi connectivity index (χ1n) is 12.5. The molecule has 1 aliphatic heterocycles. The largest absolute Gasteiger partial charge is 0.462 e. The number of rotatable bonds is 7. The average Bonchev–Trinajstić information content (AvgIpc) is 3.47. The van der Waals surface area contributed by atoms with E-state index in [1.165, 1.54) is 11.3 Å². The first-order chi connectivity index (χ1) is 18.1. The molecule has 0 spiro atoms. The Hall–Kier alpha value is -3.91. The molecule has 0 unspecified atom stereocenters. The van der Waals surface area contributed by atoms with E-state index in [1.54, 1.807) is 11.5 Å². The number of hydrogen-bond acceptors (Lipinski definition) is 6. The highest BCUT2D eigenvalue weighted by molar-refractivity contribution is 7.12. The Bertz CT molecular complexity index is 1460. The zero-order chi connectivity index (χ0) is 25.8. The third-order valence-corrected chi connectivity index (χ3v) is 7.57. The first-order valence-corrected chi connectivity index (χ1v) is 13.4. The quantitative estimate of drug-likeness (QED) is 0.340. The van der Waals surface area contributed by atoms with Crippen molar-refractivity contribution in [2.45, 2.75) is 19.9 Å². The lowest BCUT2D eigenvalue weighted by Crippen LogP contribution is -2.49. The minimum Gasteiger partial charge on any atom is -0.462 e. The van der Waals surface area contributed by atoms with E-state index in [9.17, 15) is 14.4 Å². The number of esters is 1. The second-order valence-electron chi connectivity index (χ2n) is 8.91. The number of amides is 1. The molecule has 7 nitrogen and oxygen atoms in total. The molecule has 190 valence electrons. The number of thiophene rings is 1. The highest BCUT2D eigenvalue weighted by Gasteiger charge is 2.30. The second-order valence-corrected chi connectivity index (χ2v) is 9.86. The lowest BCUT2D eigenvalue weighted by molar-refractivity contribution is 0.0523. The van der Waals surface area contributed by atoms with Crippen LogP contribution in [0.2, 0.25) is 0 Å². The first kappa shape index (κ1) is 24.8. The van der Waals surface area contributed by atoms with Crippen LogP contribution in [0.25, 0.3) is 10.9 Å². The molecule has 2 aromatic carbocycles. The number of ether oxygens (including phenoxy) is 1. The number of piperazine rings is 1. The van der Waals surface area contributed by atoms with E-state index in [1.807, 2.05) is 77.0 Å². The van der Waals surface area contributed by atoms with Gasteiger partial charge in [0.05, 0.1) is 22.7 Å². The molecule has 5 rings (SSSR count). The van der Waals surface area contributed by atoms with Crippen LogP contribution in [-0.2, 0) is 17.7 Å². The molecular formula is C29H29N3O4S. The number of aromatic nitrogens is 1. The molecule has 1 amide bonds. The molecule has 4 aromatic rings. The van der Waals surface area contributed by atoms with Crippen LogP contribution in [0, 0.1) is 0 Å². The zero-order valence-corrected chi connectivity index (χ0v) is 21.6. The second kappa shape index (κ2) is 11.0. The average molecular weight is 516 g/mol. The predicted octanol–water partition coefficient (Wildman–Crippen LogP) is 4.44. The maximum atomic E-state index is 13.9. The van der Waals surface area contributed by atoms with Crippen molar-refractivity contribution in [3.05, 3.63) is 98.5 Å². The number of nitrogens with zero attached hydrogens (tertiary/aromatic N) is 3. The molecule has 3 heterocycles. The van der Waals surface area contributed by atoms with Crippen LogP contribution in [0.4, 0.5) is 5.69 Å². The molecule has 0 N–H and O–H groups in total. The molecule has 1 aliphatic rings. The Morgan fingerprint density at radius 2 is 1.65 bits per heavy atom. The van der Waals surface area contributed by atoms with E-state index < -0.39 is 5.97 Å². The summed E-state index contributed by atoms with van der Waals surface area (Å²) in [6.07, 6.45) is 0.663. The molecule has 0 bridgehead atoms. The summed E-state index contributed by atoms with van der Waals surface area (Å²) in [5.41, 5.74) is 2.21. The number of fused-ring (bicyclic) bond motifs is 1. The maximum absolute atomic E-state index is 13.9. The minimum absolute atomic E-state index is 0.0152. The van der Waals surface area contributed by atoms with Crippen LogP contribution in [0.3, 0.4) is 0 Å². The van der Waals surface area contributed by atoms with Crippen molar-refractivity contribution >= 4 is 39.8 Å². The molecule has 1 fully saturated rings. The van der Waals surface area contributed by atoms with Crippen molar-refractivity contribution in [1.29, 1.82) is 0 Å². The standard InChI is InChI=1S/C29H29N3O4S/c1-2-36-29(35)25-26(30-16-18-31(19-17-30)27(33)24-13-8-20-37-24)22-11-6-7-12-23(22)32(28(25)34)15-14-21-9-4-3-5-10-21/h3-13,20H,2,14-19H2,1H3. The van der Waals surface area contributed by atoms with Crippen LogP contribution in [0.5, 0.6) is 0 Å². The van der Waals surface area contributed by atoms with Gasteiger partial charge in [-0.25, -0.2) is 4.79 Å². The van der Waals surface area contributed by atoms with Gasteiger partial charge in [-0.3, -0.25) is 9.59 Å². The van der Waals surface area contributed by atoms with Crippen LogP contribution in [0.1, 0.15) is 32.5 Å². The van der Waals surface area contributed by atoms with E-state index in [2.05, 4.69) is 4.90 Å². The Balaban J connectivity index is 1.53. The fourth-order valence-corrected chi connectivity index (χ4v) is 5.59. The topological polar surface area (TPSA) is 71.8 Å². The van der Waals surface area contributed by atoms with Crippen molar-refractivity contribution in [2.24, 2.45) is 0 Å².